The molecule has 3 aromatic rings. The second kappa shape index (κ2) is 8.01. The van der Waals surface area contributed by atoms with Crippen molar-refractivity contribution in [3.63, 3.8) is 0 Å². The van der Waals surface area contributed by atoms with Crippen molar-refractivity contribution in [3.05, 3.63) is 102 Å². The average Bonchev–Trinajstić information content (AvgIpc) is 2.79. The van der Waals surface area contributed by atoms with Crippen molar-refractivity contribution in [1.29, 1.82) is 0 Å². The van der Waals surface area contributed by atoms with E-state index < -0.39 is 0 Å². The van der Waals surface area contributed by atoms with Crippen molar-refractivity contribution in [2.75, 3.05) is 11.7 Å². The van der Waals surface area contributed by atoms with Gasteiger partial charge in [0.1, 0.15) is 0 Å². The molecule has 0 aliphatic carbocycles. The lowest BCUT2D eigenvalue weighted by molar-refractivity contribution is -0.508. The van der Waals surface area contributed by atoms with E-state index in [1.165, 1.54) is 11.1 Å². The molecule has 1 aliphatic rings. The van der Waals surface area contributed by atoms with Crippen molar-refractivity contribution in [3.8, 4) is 0 Å². The van der Waals surface area contributed by atoms with Crippen molar-refractivity contribution < 1.29 is 4.70 Å². The molecule has 4 rings (SSSR count). The Bertz CT molecular complexity index is 1030. The molecule has 0 aromatic heterocycles. The fraction of sp³-hybridized carbons (Fsp3) is 0.125. The Labute approximate surface area is 165 Å². The summed E-state index contributed by atoms with van der Waals surface area (Å²) < 4.78 is 1.99. The normalized spacial score (nSPS) is 14.5. The van der Waals surface area contributed by atoms with Gasteiger partial charge >= 0.3 is 0 Å². The number of anilines is 1. The summed E-state index contributed by atoms with van der Waals surface area (Å²) in [7, 11) is 0. The molecular formula is C24H23N4+. The third kappa shape index (κ3) is 3.76. The minimum Gasteiger partial charge on any atom is -0.201 e. The molecule has 0 radical (unpaired) electrons. The van der Waals surface area contributed by atoms with Crippen LogP contribution in [0.4, 0.5) is 11.4 Å². The van der Waals surface area contributed by atoms with Gasteiger partial charge in [-0.2, -0.15) is 0 Å². The van der Waals surface area contributed by atoms with Gasteiger partial charge in [-0.05, 0) is 37.1 Å². The van der Waals surface area contributed by atoms with Gasteiger partial charge in [-0.15, -0.1) is 5.10 Å². The highest BCUT2D eigenvalue weighted by Gasteiger charge is 2.25. The number of hydrogen-bond donors (Lipinski definition) is 0. The van der Waals surface area contributed by atoms with Crippen LogP contribution in [0.2, 0.25) is 0 Å². The average molecular weight is 367 g/mol. The van der Waals surface area contributed by atoms with Crippen LogP contribution in [0.25, 0.3) is 5.57 Å². The highest BCUT2D eigenvalue weighted by Crippen LogP contribution is 2.23. The maximum absolute atomic E-state index is 4.82. The van der Waals surface area contributed by atoms with Gasteiger partial charge in [0.05, 0.1) is 5.69 Å². The predicted molar refractivity (Wildman–Crippen MR) is 115 cm³/mol. The van der Waals surface area contributed by atoms with Gasteiger partial charge in [0, 0.05) is 22.8 Å². The largest absolute Gasteiger partial charge is 0.269 e. The molecule has 0 spiro atoms. The highest BCUT2D eigenvalue weighted by atomic mass is 15.6. The first kappa shape index (κ1) is 17.9. The molecule has 28 heavy (non-hydrogen) atoms. The predicted octanol–water partition coefficient (Wildman–Crippen LogP) is 6.05. The zero-order chi connectivity index (χ0) is 19.3. The zero-order valence-electron chi connectivity index (χ0n) is 16.2. The molecule has 0 saturated heterocycles. The number of azo groups is 2. The summed E-state index contributed by atoms with van der Waals surface area (Å²) >= 11 is 0. The third-order valence-corrected chi connectivity index (χ3v) is 4.84. The van der Waals surface area contributed by atoms with E-state index in [0.717, 1.165) is 16.9 Å². The van der Waals surface area contributed by atoms with Crippen molar-refractivity contribution in [2.24, 2.45) is 10.2 Å². The number of allylic oxidation sites excluding steroid dienone is 2. The molecule has 1 heterocycles. The van der Waals surface area contributed by atoms with Gasteiger partial charge in [0.15, 0.2) is 0 Å². The summed E-state index contributed by atoms with van der Waals surface area (Å²) in [5.74, 6) is 0.698. The van der Waals surface area contributed by atoms with Gasteiger partial charge in [-0.3, -0.25) is 0 Å². The Morgan fingerprint density at radius 1 is 0.893 bits per heavy atom. The van der Waals surface area contributed by atoms with Crippen LogP contribution in [0.15, 0.2) is 101 Å². The third-order valence-electron chi connectivity index (χ3n) is 4.84. The lowest BCUT2D eigenvalue weighted by atomic mass is 10.1. The second-order valence-corrected chi connectivity index (χ2v) is 6.68. The Kier molecular flexibility index (Phi) is 5.11. The van der Waals surface area contributed by atoms with E-state index in [9.17, 15) is 0 Å². The Hall–Kier alpha value is -3.53. The molecule has 1 aliphatic heterocycles. The Morgan fingerprint density at radius 3 is 2.18 bits per heavy atom. The van der Waals surface area contributed by atoms with E-state index in [1.807, 2.05) is 46.1 Å². The maximum atomic E-state index is 4.82. The number of amidine groups is 1. The first-order chi connectivity index (χ1) is 13.7. The number of para-hydroxylation sites is 2. The second-order valence-electron chi connectivity index (χ2n) is 6.68. The summed E-state index contributed by atoms with van der Waals surface area (Å²) in [4.78, 5) is 0. The van der Waals surface area contributed by atoms with E-state index in [0.29, 0.717) is 12.5 Å². The van der Waals surface area contributed by atoms with E-state index in [1.54, 1.807) is 0 Å². The van der Waals surface area contributed by atoms with Gasteiger partial charge in [0.25, 0.3) is 6.67 Å². The number of benzene rings is 3. The SMILES string of the molecule is C/C=C(/C)c1ccc(C2=NN(c3ccccc3)C[N+](c3ccccc3)=N2)cc1. The van der Waals surface area contributed by atoms with Crippen LogP contribution in [-0.2, 0) is 0 Å². The molecule has 0 atom stereocenters. The molecule has 138 valence electrons. The molecule has 0 fully saturated rings. The van der Waals surface area contributed by atoms with Gasteiger partial charge in [-0.1, -0.05) is 71.4 Å². The van der Waals surface area contributed by atoms with Crippen LogP contribution in [-0.4, -0.2) is 17.2 Å². The number of hydrogen-bond acceptors (Lipinski definition) is 3. The first-order valence-corrected chi connectivity index (χ1v) is 9.44. The van der Waals surface area contributed by atoms with Crippen molar-refractivity contribution in [1.82, 2.24) is 0 Å². The topological polar surface area (TPSA) is 31.0 Å². The molecule has 3 aromatic carbocycles. The highest BCUT2D eigenvalue weighted by molar-refractivity contribution is 5.99. The minimum absolute atomic E-state index is 0.563. The fourth-order valence-electron chi connectivity index (χ4n) is 3.08. The molecule has 4 heteroatoms. The quantitative estimate of drug-likeness (QED) is 0.517. The smallest absolute Gasteiger partial charge is 0.201 e. The zero-order valence-corrected chi connectivity index (χ0v) is 16.2. The van der Waals surface area contributed by atoms with Crippen molar-refractivity contribution in [2.45, 2.75) is 13.8 Å². The fourth-order valence-corrected chi connectivity index (χ4v) is 3.08. The van der Waals surface area contributed by atoms with Crippen molar-refractivity contribution >= 4 is 22.8 Å². The van der Waals surface area contributed by atoms with Gasteiger partial charge in [-0.25, -0.2) is 5.01 Å². The number of nitrogens with zero attached hydrogens (tertiary/aromatic N) is 4. The van der Waals surface area contributed by atoms with Crippen LogP contribution in [0.3, 0.4) is 0 Å². The van der Waals surface area contributed by atoms with Crippen LogP contribution in [0.5, 0.6) is 0 Å². The molecule has 0 bridgehead atoms. The number of rotatable bonds is 4. The summed E-state index contributed by atoms with van der Waals surface area (Å²) in [6.07, 6.45) is 2.12. The molecule has 4 nitrogen and oxygen atoms in total. The summed E-state index contributed by atoms with van der Waals surface area (Å²) in [5.41, 5.74) is 5.54. The van der Waals surface area contributed by atoms with Crippen LogP contribution in [0, 0.1) is 0 Å². The maximum Gasteiger partial charge on any atom is 0.269 e. The standard InChI is InChI=1S/C24H23N4/c1-3-19(2)20-14-16-21(17-15-20)24-25-27(22-10-6-4-7-11-22)18-28(26-24)23-12-8-5-9-13-23/h3-17H,18H2,1-2H3/q+1/b19-3-. The Morgan fingerprint density at radius 2 is 1.54 bits per heavy atom. The van der Waals surface area contributed by atoms with Gasteiger partial charge in [0.2, 0.25) is 11.5 Å². The molecule has 0 unspecified atom stereocenters. The molecule has 0 amide bonds. The van der Waals surface area contributed by atoms with E-state index in [4.69, 9.17) is 10.2 Å². The van der Waals surface area contributed by atoms with E-state index in [2.05, 4.69) is 68.5 Å². The van der Waals surface area contributed by atoms with Gasteiger partial charge < -0.3 is 0 Å². The summed E-state index contributed by atoms with van der Waals surface area (Å²) in [6.45, 7) is 4.73. The molecule has 0 N–H and O–H groups in total. The van der Waals surface area contributed by atoms with Crippen LogP contribution >= 0.6 is 0 Å². The van der Waals surface area contributed by atoms with Crippen LogP contribution in [0.1, 0.15) is 25.0 Å². The van der Waals surface area contributed by atoms with Crippen LogP contribution < -0.4 is 5.01 Å². The monoisotopic (exact) mass is 367 g/mol. The first-order valence-electron chi connectivity index (χ1n) is 9.44. The lowest BCUT2D eigenvalue weighted by Gasteiger charge is -2.20. The number of hydrazone groups is 1. The minimum atomic E-state index is 0.563. The molecular weight excluding hydrogens is 344 g/mol. The Balaban J connectivity index is 1.75. The summed E-state index contributed by atoms with van der Waals surface area (Å²) in [6, 6.07) is 28.8. The molecule has 0 saturated carbocycles. The van der Waals surface area contributed by atoms with E-state index in [-0.39, 0.29) is 0 Å². The summed E-state index contributed by atoms with van der Waals surface area (Å²) in [5, 5.41) is 11.6. The van der Waals surface area contributed by atoms with E-state index >= 15 is 0 Å². The lowest BCUT2D eigenvalue weighted by Crippen LogP contribution is -2.31.